The van der Waals surface area contributed by atoms with Crippen LogP contribution < -0.4 is 5.46 Å². The van der Waals surface area contributed by atoms with Crippen LogP contribution in [0.2, 0.25) is 0 Å². The Morgan fingerprint density at radius 2 is 1.45 bits per heavy atom. The summed E-state index contributed by atoms with van der Waals surface area (Å²) in [7, 11) is 3.34. The quantitative estimate of drug-likeness (QED) is 0.484. The number of benzene rings is 1. The maximum Gasteiger partial charge on any atom is 0.494 e. The zero-order valence-electron chi connectivity index (χ0n) is 13.0. The molecule has 0 atom stereocenters. The van der Waals surface area contributed by atoms with E-state index in [0.717, 1.165) is 11.2 Å². The zero-order chi connectivity index (χ0) is 15.0. The molecular weight excluding hydrogens is 253 g/mol. The second-order valence-corrected chi connectivity index (χ2v) is 6.22. The predicted molar refractivity (Wildman–Crippen MR) is 80.4 cm³/mol. The molecule has 6 heteroatoms. The highest BCUT2D eigenvalue weighted by atomic mass is 16.7. The summed E-state index contributed by atoms with van der Waals surface area (Å²) in [6, 6.07) is 7.75. The fourth-order valence-corrected chi connectivity index (χ4v) is 1.82. The standard InChI is InChI=1S/C14H22BN3O2/c1-13(2)14(3,4)20-15(19-13)11-7-9-12(10-8-11)16-17-18(5)6/h7-10H,1-6H3. The highest BCUT2D eigenvalue weighted by Gasteiger charge is 2.51. The van der Waals surface area contributed by atoms with Gasteiger partial charge in [-0.3, -0.25) is 5.01 Å². The first kappa shape index (κ1) is 15.0. The van der Waals surface area contributed by atoms with Gasteiger partial charge in [0.05, 0.1) is 16.9 Å². The van der Waals surface area contributed by atoms with E-state index < -0.39 is 0 Å². The Morgan fingerprint density at radius 3 is 1.90 bits per heavy atom. The molecule has 0 N–H and O–H groups in total. The van der Waals surface area contributed by atoms with Gasteiger partial charge in [0.25, 0.3) is 0 Å². The van der Waals surface area contributed by atoms with Crippen molar-refractivity contribution in [2.24, 2.45) is 10.3 Å². The van der Waals surface area contributed by atoms with Crippen molar-refractivity contribution < 1.29 is 9.31 Å². The van der Waals surface area contributed by atoms with Crippen LogP contribution in [0.25, 0.3) is 0 Å². The largest absolute Gasteiger partial charge is 0.494 e. The molecule has 0 radical (unpaired) electrons. The fraction of sp³-hybridized carbons (Fsp3) is 0.571. The van der Waals surface area contributed by atoms with Crippen molar-refractivity contribution in [2.75, 3.05) is 14.1 Å². The SMILES string of the molecule is CN(C)N=Nc1ccc(B2OC(C)(C)C(C)(C)O2)cc1. The van der Waals surface area contributed by atoms with Crippen LogP contribution >= 0.6 is 0 Å². The van der Waals surface area contributed by atoms with Crippen molar-refractivity contribution in [1.29, 1.82) is 0 Å². The van der Waals surface area contributed by atoms with Crippen molar-refractivity contribution >= 4 is 18.3 Å². The fourth-order valence-electron chi connectivity index (χ4n) is 1.82. The third-order valence-electron chi connectivity index (χ3n) is 3.76. The van der Waals surface area contributed by atoms with E-state index >= 15 is 0 Å². The summed E-state index contributed by atoms with van der Waals surface area (Å²) in [6.45, 7) is 8.19. The van der Waals surface area contributed by atoms with Crippen LogP contribution in [0.4, 0.5) is 5.69 Å². The summed E-state index contributed by atoms with van der Waals surface area (Å²) >= 11 is 0. The lowest BCUT2D eigenvalue weighted by molar-refractivity contribution is 0.00578. The molecule has 108 valence electrons. The molecule has 1 aliphatic heterocycles. The second kappa shape index (κ2) is 5.18. The van der Waals surface area contributed by atoms with Gasteiger partial charge in [-0.15, -0.1) is 5.11 Å². The molecule has 0 amide bonds. The monoisotopic (exact) mass is 275 g/mol. The average molecular weight is 275 g/mol. The Balaban J connectivity index is 2.12. The number of hydrogen-bond donors (Lipinski definition) is 0. The number of hydrogen-bond acceptors (Lipinski definition) is 4. The summed E-state index contributed by atoms with van der Waals surface area (Å²) < 4.78 is 12.0. The van der Waals surface area contributed by atoms with E-state index in [1.807, 2.05) is 66.1 Å². The van der Waals surface area contributed by atoms with Crippen molar-refractivity contribution in [3.05, 3.63) is 24.3 Å². The summed E-state index contributed by atoms with van der Waals surface area (Å²) in [6.07, 6.45) is 0. The van der Waals surface area contributed by atoms with E-state index in [1.54, 1.807) is 5.01 Å². The maximum atomic E-state index is 6.00. The highest BCUT2D eigenvalue weighted by Crippen LogP contribution is 2.36. The van der Waals surface area contributed by atoms with Crippen molar-refractivity contribution in [2.45, 2.75) is 38.9 Å². The molecule has 0 aliphatic carbocycles. The van der Waals surface area contributed by atoms with Gasteiger partial charge in [0.15, 0.2) is 0 Å². The first-order valence-electron chi connectivity index (χ1n) is 6.76. The van der Waals surface area contributed by atoms with Gasteiger partial charge >= 0.3 is 7.12 Å². The Hall–Kier alpha value is -1.40. The summed E-state index contributed by atoms with van der Waals surface area (Å²) in [5.74, 6) is 0. The molecule has 0 saturated carbocycles. The summed E-state index contributed by atoms with van der Waals surface area (Å²) in [5.41, 5.74) is 1.16. The van der Waals surface area contributed by atoms with Gasteiger partial charge in [-0.1, -0.05) is 17.4 Å². The molecule has 0 unspecified atom stereocenters. The number of nitrogens with zero attached hydrogens (tertiary/aromatic N) is 3. The lowest BCUT2D eigenvalue weighted by atomic mass is 9.79. The molecular formula is C14H22BN3O2. The normalized spacial score (nSPS) is 20.6. The van der Waals surface area contributed by atoms with Crippen LogP contribution in [0, 0.1) is 0 Å². The molecule has 1 saturated heterocycles. The van der Waals surface area contributed by atoms with Crippen LogP contribution in [0.5, 0.6) is 0 Å². The molecule has 0 aromatic heterocycles. The van der Waals surface area contributed by atoms with Crippen LogP contribution in [0.3, 0.4) is 0 Å². The maximum absolute atomic E-state index is 6.00. The van der Waals surface area contributed by atoms with Gasteiger partial charge < -0.3 is 9.31 Å². The smallest absolute Gasteiger partial charge is 0.399 e. The first-order chi connectivity index (χ1) is 9.21. The predicted octanol–water partition coefficient (Wildman–Crippen LogP) is 2.55. The van der Waals surface area contributed by atoms with E-state index in [0.29, 0.717) is 0 Å². The molecule has 20 heavy (non-hydrogen) atoms. The zero-order valence-corrected chi connectivity index (χ0v) is 13.0. The van der Waals surface area contributed by atoms with Gasteiger partial charge in [-0.25, -0.2) is 0 Å². The molecule has 2 rings (SSSR count). The Kier molecular flexibility index (Phi) is 3.89. The average Bonchev–Trinajstić information content (AvgIpc) is 2.56. The minimum atomic E-state index is -0.333. The molecule has 1 aromatic rings. The second-order valence-electron chi connectivity index (χ2n) is 6.22. The lowest BCUT2D eigenvalue weighted by Crippen LogP contribution is -2.41. The summed E-state index contributed by atoms with van der Waals surface area (Å²) in [4.78, 5) is 0. The van der Waals surface area contributed by atoms with Gasteiger partial charge in [0, 0.05) is 14.1 Å². The molecule has 1 fully saturated rings. The minimum Gasteiger partial charge on any atom is -0.399 e. The molecule has 0 bridgehead atoms. The number of rotatable bonds is 3. The van der Waals surface area contributed by atoms with Gasteiger partial charge in [0.2, 0.25) is 0 Å². The van der Waals surface area contributed by atoms with Gasteiger partial charge in [-0.05, 0) is 45.3 Å². The van der Waals surface area contributed by atoms with E-state index in [2.05, 4.69) is 10.3 Å². The summed E-state index contributed by atoms with van der Waals surface area (Å²) in [5, 5.41) is 9.72. The van der Waals surface area contributed by atoms with Crippen LogP contribution in [0.1, 0.15) is 27.7 Å². The third-order valence-corrected chi connectivity index (χ3v) is 3.76. The van der Waals surface area contributed by atoms with Gasteiger partial charge in [-0.2, -0.15) is 0 Å². The van der Waals surface area contributed by atoms with Crippen molar-refractivity contribution in [3.63, 3.8) is 0 Å². The Labute approximate surface area is 121 Å². The van der Waals surface area contributed by atoms with Crippen LogP contribution in [-0.4, -0.2) is 37.4 Å². The van der Waals surface area contributed by atoms with Crippen LogP contribution in [0.15, 0.2) is 34.6 Å². The van der Waals surface area contributed by atoms with Crippen molar-refractivity contribution in [1.82, 2.24) is 5.01 Å². The van der Waals surface area contributed by atoms with Gasteiger partial charge in [0.1, 0.15) is 0 Å². The Morgan fingerprint density at radius 1 is 0.950 bits per heavy atom. The molecule has 1 aromatic carbocycles. The van der Waals surface area contributed by atoms with E-state index in [1.165, 1.54) is 0 Å². The van der Waals surface area contributed by atoms with Crippen molar-refractivity contribution in [3.8, 4) is 0 Å². The molecule has 1 aliphatic rings. The third kappa shape index (κ3) is 3.02. The molecule has 0 spiro atoms. The van der Waals surface area contributed by atoms with E-state index in [4.69, 9.17) is 9.31 Å². The molecule has 5 nitrogen and oxygen atoms in total. The van der Waals surface area contributed by atoms with E-state index in [-0.39, 0.29) is 18.3 Å². The first-order valence-corrected chi connectivity index (χ1v) is 6.76. The highest BCUT2D eigenvalue weighted by molar-refractivity contribution is 6.62. The minimum absolute atomic E-state index is 0.318. The van der Waals surface area contributed by atoms with Crippen LogP contribution in [-0.2, 0) is 9.31 Å². The van der Waals surface area contributed by atoms with E-state index in [9.17, 15) is 0 Å². The topological polar surface area (TPSA) is 46.4 Å². The Bertz CT molecular complexity index is 482. The molecule has 1 heterocycles. The lowest BCUT2D eigenvalue weighted by Gasteiger charge is -2.32.